The number of hydrogen-bond acceptors (Lipinski definition) is 1. The smallest absolute Gasteiger partial charge is 0.157 e. The topological polar surface area (TPSA) is 17.1 Å². The van der Waals surface area contributed by atoms with Crippen LogP contribution in [0.15, 0.2) is 11.6 Å². The lowest BCUT2D eigenvalue weighted by Crippen LogP contribution is -1.94. The van der Waals surface area contributed by atoms with Crippen LogP contribution in [0, 0.1) is 0 Å². The molecular formula is C7H12O. The monoisotopic (exact) mass is 112 g/mol. The summed E-state index contributed by atoms with van der Waals surface area (Å²) in [4.78, 5) is 10.7. The number of rotatable bonds is 2. The van der Waals surface area contributed by atoms with E-state index < -0.39 is 0 Å². The molecule has 0 radical (unpaired) electrons. The quantitative estimate of drug-likeness (QED) is 0.499. The van der Waals surface area contributed by atoms with Gasteiger partial charge in [0.2, 0.25) is 0 Å². The van der Waals surface area contributed by atoms with E-state index in [-0.39, 0.29) is 5.78 Å². The highest BCUT2D eigenvalue weighted by molar-refractivity contribution is 5.94. The first-order chi connectivity index (χ1) is 3.72. The first kappa shape index (κ1) is 7.41. The lowest BCUT2D eigenvalue weighted by atomic mass is 10.1. The standard InChI is InChI=1S/C7H12O/c1-4-6(3)7(8)5-2/h4H,5H2,1-3H3. The molecule has 0 fully saturated rings. The van der Waals surface area contributed by atoms with Crippen molar-refractivity contribution >= 4 is 5.78 Å². The van der Waals surface area contributed by atoms with Crippen LogP contribution in [-0.2, 0) is 4.79 Å². The van der Waals surface area contributed by atoms with Gasteiger partial charge in [0.25, 0.3) is 0 Å². The summed E-state index contributed by atoms with van der Waals surface area (Å²) < 4.78 is 0. The summed E-state index contributed by atoms with van der Waals surface area (Å²) in [7, 11) is 0. The minimum absolute atomic E-state index is 0.243. The van der Waals surface area contributed by atoms with Crippen molar-refractivity contribution in [3.05, 3.63) is 11.6 Å². The van der Waals surface area contributed by atoms with E-state index in [2.05, 4.69) is 0 Å². The molecule has 0 rings (SSSR count). The Balaban J connectivity index is 3.83. The van der Waals surface area contributed by atoms with Crippen molar-refractivity contribution in [3.63, 3.8) is 0 Å². The molecule has 0 aromatic rings. The van der Waals surface area contributed by atoms with E-state index in [9.17, 15) is 4.79 Å². The number of carbonyl (C=O) groups excluding carboxylic acids is 1. The van der Waals surface area contributed by atoms with Crippen LogP contribution in [0.25, 0.3) is 0 Å². The van der Waals surface area contributed by atoms with Crippen LogP contribution in [0.1, 0.15) is 27.2 Å². The van der Waals surface area contributed by atoms with Gasteiger partial charge in [-0.05, 0) is 19.4 Å². The van der Waals surface area contributed by atoms with E-state index in [1.807, 2.05) is 26.8 Å². The molecule has 0 saturated heterocycles. The maximum Gasteiger partial charge on any atom is 0.157 e. The van der Waals surface area contributed by atoms with E-state index in [4.69, 9.17) is 0 Å². The summed E-state index contributed by atoms with van der Waals surface area (Å²) in [6.45, 7) is 5.59. The summed E-state index contributed by atoms with van der Waals surface area (Å²) in [5, 5.41) is 0. The predicted octanol–water partition coefficient (Wildman–Crippen LogP) is 1.93. The number of allylic oxidation sites excluding steroid dienone is 2. The molecule has 0 saturated carbocycles. The van der Waals surface area contributed by atoms with Gasteiger partial charge in [-0.3, -0.25) is 4.79 Å². The zero-order valence-corrected chi connectivity index (χ0v) is 5.69. The average Bonchev–Trinajstić information content (AvgIpc) is 1.84. The van der Waals surface area contributed by atoms with Gasteiger partial charge in [0, 0.05) is 6.42 Å². The van der Waals surface area contributed by atoms with Gasteiger partial charge >= 0.3 is 0 Å². The highest BCUT2D eigenvalue weighted by atomic mass is 16.1. The predicted molar refractivity (Wildman–Crippen MR) is 34.7 cm³/mol. The summed E-state index contributed by atoms with van der Waals surface area (Å²) in [6.07, 6.45) is 2.46. The molecule has 0 aliphatic rings. The fourth-order valence-corrected chi connectivity index (χ4v) is 0.440. The van der Waals surface area contributed by atoms with E-state index in [1.165, 1.54) is 0 Å². The summed E-state index contributed by atoms with van der Waals surface area (Å²) in [6, 6.07) is 0. The second-order valence-electron chi connectivity index (χ2n) is 1.75. The van der Waals surface area contributed by atoms with E-state index in [0.717, 1.165) is 5.57 Å². The van der Waals surface area contributed by atoms with Crippen molar-refractivity contribution in [2.45, 2.75) is 27.2 Å². The zero-order valence-electron chi connectivity index (χ0n) is 5.69. The zero-order chi connectivity index (χ0) is 6.57. The second kappa shape index (κ2) is 3.42. The Kier molecular flexibility index (Phi) is 3.16. The van der Waals surface area contributed by atoms with Gasteiger partial charge in [-0.1, -0.05) is 13.0 Å². The molecule has 46 valence electrons. The molecule has 0 unspecified atom stereocenters. The second-order valence-corrected chi connectivity index (χ2v) is 1.75. The highest BCUT2D eigenvalue weighted by Crippen LogP contribution is 1.95. The highest BCUT2D eigenvalue weighted by Gasteiger charge is 1.96. The van der Waals surface area contributed by atoms with Crippen molar-refractivity contribution < 1.29 is 4.79 Å². The van der Waals surface area contributed by atoms with E-state index in [0.29, 0.717) is 6.42 Å². The van der Waals surface area contributed by atoms with Gasteiger partial charge in [0.1, 0.15) is 0 Å². The van der Waals surface area contributed by atoms with Crippen molar-refractivity contribution in [2.75, 3.05) is 0 Å². The van der Waals surface area contributed by atoms with Crippen LogP contribution in [0.2, 0.25) is 0 Å². The minimum atomic E-state index is 0.243. The van der Waals surface area contributed by atoms with Crippen LogP contribution in [0.3, 0.4) is 0 Å². The molecule has 0 aliphatic carbocycles. The van der Waals surface area contributed by atoms with Gasteiger partial charge in [-0.15, -0.1) is 0 Å². The minimum Gasteiger partial charge on any atom is -0.295 e. The SMILES string of the molecule is CC=C(C)C(=O)CC. The lowest BCUT2D eigenvalue weighted by Gasteiger charge is -1.91. The molecule has 0 heterocycles. The molecule has 1 nitrogen and oxygen atoms in total. The van der Waals surface area contributed by atoms with Crippen molar-refractivity contribution in [1.29, 1.82) is 0 Å². The molecule has 1 heteroatoms. The van der Waals surface area contributed by atoms with Crippen molar-refractivity contribution in [2.24, 2.45) is 0 Å². The van der Waals surface area contributed by atoms with Gasteiger partial charge < -0.3 is 0 Å². The molecule has 0 atom stereocenters. The molecule has 0 aromatic heterocycles. The molecule has 8 heavy (non-hydrogen) atoms. The normalized spacial score (nSPS) is 11.6. The molecule has 0 spiro atoms. The molecule has 0 aliphatic heterocycles. The van der Waals surface area contributed by atoms with Gasteiger partial charge in [-0.25, -0.2) is 0 Å². The first-order valence-corrected chi connectivity index (χ1v) is 2.88. The number of Topliss-reactive ketones (excluding diaryl/α,β-unsaturated/α-hetero) is 1. The maximum absolute atomic E-state index is 10.7. The van der Waals surface area contributed by atoms with E-state index in [1.54, 1.807) is 0 Å². The first-order valence-electron chi connectivity index (χ1n) is 2.88. The Hall–Kier alpha value is -0.590. The molecule has 0 N–H and O–H groups in total. The van der Waals surface area contributed by atoms with Crippen LogP contribution in [0.5, 0.6) is 0 Å². The third-order valence-corrected chi connectivity index (χ3v) is 1.19. The Morgan fingerprint density at radius 1 is 1.62 bits per heavy atom. The maximum atomic E-state index is 10.7. The number of hydrogen-bond donors (Lipinski definition) is 0. The van der Waals surface area contributed by atoms with E-state index >= 15 is 0 Å². The molecule has 0 bridgehead atoms. The van der Waals surface area contributed by atoms with Crippen molar-refractivity contribution in [3.8, 4) is 0 Å². The average molecular weight is 112 g/mol. The summed E-state index contributed by atoms with van der Waals surface area (Å²) in [5.41, 5.74) is 0.868. The van der Waals surface area contributed by atoms with Crippen LogP contribution >= 0.6 is 0 Å². The fraction of sp³-hybridized carbons (Fsp3) is 0.571. The largest absolute Gasteiger partial charge is 0.295 e. The number of carbonyl (C=O) groups is 1. The Labute approximate surface area is 50.4 Å². The molecule has 0 amide bonds. The Morgan fingerprint density at radius 3 is 2.25 bits per heavy atom. The molecular weight excluding hydrogens is 100 g/mol. The number of ketones is 1. The van der Waals surface area contributed by atoms with Crippen LogP contribution < -0.4 is 0 Å². The van der Waals surface area contributed by atoms with Gasteiger partial charge in [-0.2, -0.15) is 0 Å². The summed E-state index contributed by atoms with van der Waals surface area (Å²) in [5.74, 6) is 0.243. The third kappa shape index (κ3) is 1.92. The fourth-order valence-electron chi connectivity index (χ4n) is 0.440. The van der Waals surface area contributed by atoms with Crippen molar-refractivity contribution in [1.82, 2.24) is 0 Å². The Morgan fingerprint density at radius 2 is 2.12 bits per heavy atom. The van der Waals surface area contributed by atoms with Crippen LogP contribution in [-0.4, -0.2) is 5.78 Å². The summed E-state index contributed by atoms with van der Waals surface area (Å²) >= 11 is 0. The van der Waals surface area contributed by atoms with Gasteiger partial charge in [0.15, 0.2) is 5.78 Å². The molecule has 0 aromatic carbocycles. The van der Waals surface area contributed by atoms with Gasteiger partial charge in [0.05, 0.1) is 0 Å². The lowest BCUT2D eigenvalue weighted by molar-refractivity contribution is -0.115. The third-order valence-electron chi connectivity index (χ3n) is 1.19. The van der Waals surface area contributed by atoms with Crippen LogP contribution in [0.4, 0.5) is 0 Å². The Bertz CT molecular complexity index is 112.